The number of anilines is 4. The molecule has 0 saturated heterocycles. The first-order chi connectivity index (χ1) is 12.7. The van der Waals surface area contributed by atoms with Crippen LogP contribution < -0.4 is 15.0 Å². The van der Waals surface area contributed by atoms with Gasteiger partial charge in [-0.1, -0.05) is 29.8 Å². The van der Waals surface area contributed by atoms with Gasteiger partial charge in [-0.2, -0.15) is 10.1 Å². The summed E-state index contributed by atoms with van der Waals surface area (Å²) < 4.78 is 5.36. The molecule has 2 heterocycles. The summed E-state index contributed by atoms with van der Waals surface area (Å²) >= 11 is 6.09. The van der Waals surface area contributed by atoms with Crippen LogP contribution in [0.1, 0.15) is 12.5 Å². The third-order valence-corrected chi connectivity index (χ3v) is 4.64. The zero-order valence-electron chi connectivity index (χ0n) is 14.5. The van der Waals surface area contributed by atoms with Gasteiger partial charge in [-0.15, -0.1) is 5.10 Å². The number of fused-ring (bicyclic) bond motifs is 1. The number of para-hydroxylation sites is 1. The molecule has 0 fully saturated rings. The van der Waals surface area contributed by atoms with Gasteiger partial charge >= 0.3 is 0 Å². The van der Waals surface area contributed by atoms with Crippen LogP contribution in [0.25, 0.3) is 0 Å². The van der Waals surface area contributed by atoms with Crippen LogP contribution in [0, 0.1) is 0 Å². The Labute approximate surface area is 156 Å². The van der Waals surface area contributed by atoms with Gasteiger partial charge in [0.2, 0.25) is 5.95 Å². The molecule has 6 nitrogen and oxygen atoms in total. The molecule has 2 aromatic carbocycles. The molecule has 1 aliphatic heterocycles. The van der Waals surface area contributed by atoms with E-state index in [0.717, 1.165) is 17.9 Å². The van der Waals surface area contributed by atoms with E-state index in [-0.39, 0.29) is 0 Å². The molecular weight excluding hydrogens is 350 g/mol. The van der Waals surface area contributed by atoms with E-state index in [0.29, 0.717) is 28.4 Å². The molecule has 0 amide bonds. The molecule has 7 heteroatoms. The lowest BCUT2D eigenvalue weighted by Gasteiger charge is -2.23. The van der Waals surface area contributed by atoms with Crippen molar-refractivity contribution in [2.24, 2.45) is 0 Å². The number of ether oxygens (including phenoxy) is 1. The lowest BCUT2D eigenvalue weighted by molar-refractivity contribution is 0.417. The lowest BCUT2D eigenvalue weighted by Crippen LogP contribution is -2.25. The van der Waals surface area contributed by atoms with E-state index in [4.69, 9.17) is 16.3 Å². The summed E-state index contributed by atoms with van der Waals surface area (Å²) in [6.45, 7) is 2.18. The molecule has 0 spiro atoms. The number of hydrogen-bond donors (Lipinski definition) is 1. The number of nitrogens with one attached hydrogen (secondary N) is 1. The highest BCUT2D eigenvalue weighted by Crippen LogP contribution is 2.37. The van der Waals surface area contributed by atoms with Crippen molar-refractivity contribution in [1.82, 2.24) is 15.2 Å². The second kappa shape index (κ2) is 6.80. The van der Waals surface area contributed by atoms with Gasteiger partial charge < -0.3 is 15.0 Å². The topological polar surface area (TPSA) is 63.2 Å². The first-order valence-electron chi connectivity index (χ1n) is 8.33. The molecule has 1 unspecified atom stereocenters. The Kier molecular flexibility index (Phi) is 4.34. The summed E-state index contributed by atoms with van der Waals surface area (Å²) in [5, 5.41) is 12.0. The van der Waals surface area contributed by atoms with Crippen LogP contribution in [0.5, 0.6) is 5.75 Å². The van der Waals surface area contributed by atoms with Crippen molar-refractivity contribution in [2.45, 2.75) is 19.4 Å². The quantitative estimate of drug-likeness (QED) is 0.739. The molecule has 0 saturated carbocycles. The van der Waals surface area contributed by atoms with E-state index < -0.39 is 0 Å². The SMILES string of the molecule is COc1ccc(Cl)cc1Nc1nncc(N2c3ccccc3CC2C)n1. The molecule has 0 radical (unpaired) electrons. The molecule has 1 aliphatic rings. The Morgan fingerprint density at radius 1 is 1.23 bits per heavy atom. The van der Waals surface area contributed by atoms with Crippen LogP contribution in [-0.4, -0.2) is 28.3 Å². The monoisotopic (exact) mass is 367 g/mol. The molecular formula is C19H18ClN5O. The Balaban J connectivity index is 1.67. The van der Waals surface area contributed by atoms with E-state index >= 15 is 0 Å². The van der Waals surface area contributed by atoms with Crippen molar-refractivity contribution in [3.05, 3.63) is 59.2 Å². The zero-order valence-corrected chi connectivity index (χ0v) is 15.2. The number of methoxy groups -OCH3 is 1. The van der Waals surface area contributed by atoms with Gasteiger partial charge in [0.05, 0.1) is 19.0 Å². The first-order valence-corrected chi connectivity index (χ1v) is 8.71. The normalized spacial score (nSPS) is 15.7. The van der Waals surface area contributed by atoms with Crippen LogP contribution >= 0.6 is 11.6 Å². The van der Waals surface area contributed by atoms with E-state index in [9.17, 15) is 0 Å². The highest BCUT2D eigenvalue weighted by atomic mass is 35.5. The van der Waals surface area contributed by atoms with Crippen molar-refractivity contribution in [1.29, 1.82) is 0 Å². The van der Waals surface area contributed by atoms with E-state index in [1.807, 2.05) is 6.07 Å². The summed E-state index contributed by atoms with van der Waals surface area (Å²) in [4.78, 5) is 6.83. The summed E-state index contributed by atoms with van der Waals surface area (Å²) in [7, 11) is 1.60. The Hall–Kier alpha value is -2.86. The van der Waals surface area contributed by atoms with Crippen molar-refractivity contribution < 1.29 is 4.74 Å². The molecule has 3 aromatic rings. The molecule has 4 rings (SSSR count). The smallest absolute Gasteiger partial charge is 0.249 e. The number of rotatable bonds is 4. The average molecular weight is 368 g/mol. The maximum atomic E-state index is 6.09. The second-order valence-electron chi connectivity index (χ2n) is 6.16. The number of hydrogen-bond acceptors (Lipinski definition) is 6. The van der Waals surface area contributed by atoms with Crippen LogP contribution in [0.4, 0.5) is 23.1 Å². The van der Waals surface area contributed by atoms with Gasteiger partial charge in [0, 0.05) is 16.8 Å². The lowest BCUT2D eigenvalue weighted by atomic mass is 10.1. The Bertz CT molecular complexity index is 949. The minimum Gasteiger partial charge on any atom is -0.495 e. The number of halogens is 1. The Morgan fingerprint density at radius 3 is 2.92 bits per heavy atom. The third-order valence-electron chi connectivity index (χ3n) is 4.41. The fourth-order valence-electron chi connectivity index (χ4n) is 3.28. The second-order valence-corrected chi connectivity index (χ2v) is 6.60. The Morgan fingerprint density at radius 2 is 2.08 bits per heavy atom. The molecule has 26 heavy (non-hydrogen) atoms. The maximum absolute atomic E-state index is 6.09. The summed E-state index contributed by atoms with van der Waals surface area (Å²) in [6.07, 6.45) is 2.66. The van der Waals surface area contributed by atoms with Crippen molar-refractivity contribution >= 4 is 34.7 Å². The minimum absolute atomic E-state index is 0.303. The number of nitrogens with zero attached hydrogens (tertiary/aromatic N) is 4. The van der Waals surface area contributed by atoms with Gasteiger partial charge in [-0.3, -0.25) is 0 Å². The molecule has 0 aliphatic carbocycles. The van der Waals surface area contributed by atoms with E-state index in [2.05, 4.69) is 50.5 Å². The fraction of sp³-hybridized carbons (Fsp3) is 0.211. The summed E-state index contributed by atoms with van der Waals surface area (Å²) in [5.74, 6) is 1.80. The highest BCUT2D eigenvalue weighted by molar-refractivity contribution is 6.31. The standard InChI is InChI=1S/C19H18ClN5O/c1-12-9-13-5-3-4-6-16(13)25(12)18-11-21-24-19(23-18)22-15-10-14(20)7-8-17(15)26-2/h3-8,10-12H,9H2,1-2H3,(H,22,23,24). The minimum atomic E-state index is 0.303. The van der Waals surface area contributed by atoms with Crippen LogP contribution in [0.3, 0.4) is 0 Å². The fourth-order valence-corrected chi connectivity index (χ4v) is 3.45. The maximum Gasteiger partial charge on any atom is 0.249 e. The van der Waals surface area contributed by atoms with Crippen LogP contribution in [0.2, 0.25) is 5.02 Å². The first kappa shape index (κ1) is 16.6. The number of aromatic nitrogens is 3. The van der Waals surface area contributed by atoms with E-state index in [1.165, 1.54) is 5.56 Å². The van der Waals surface area contributed by atoms with Crippen LogP contribution in [0.15, 0.2) is 48.7 Å². The summed E-state index contributed by atoms with van der Waals surface area (Å²) in [5.41, 5.74) is 3.16. The van der Waals surface area contributed by atoms with Gasteiger partial charge in [-0.25, -0.2) is 0 Å². The largest absolute Gasteiger partial charge is 0.495 e. The highest BCUT2D eigenvalue weighted by Gasteiger charge is 2.28. The molecule has 1 aromatic heterocycles. The number of benzene rings is 2. The zero-order chi connectivity index (χ0) is 18.1. The van der Waals surface area contributed by atoms with Gasteiger partial charge in [0.25, 0.3) is 0 Å². The molecule has 132 valence electrons. The molecule has 1 atom stereocenters. The predicted molar refractivity (Wildman–Crippen MR) is 103 cm³/mol. The summed E-state index contributed by atoms with van der Waals surface area (Å²) in [6, 6.07) is 14.0. The van der Waals surface area contributed by atoms with Gasteiger partial charge in [0.1, 0.15) is 5.75 Å². The van der Waals surface area contributed by atoms with Gasteiger partial charge in [-0.05, 0) is 43.2 Å². The third kappa shape index (κ3) is 3.04. The van der Waals surface area contributed by atoms with Crippen molar-refractivity contribution in [3.8, 4) is 5.75 Å². The van der Waals surface area contributed by atoms with Crippen molar-refractivity contribution in [2.75, 3.05) is 17.3 Å². The predicted octanol–water partition coefficient (Wildman–Crippen LogP) is 4.36. The van der Waals surface area contributed by atoms with Crippen LogP contribution in [-0.2, 0) is 6.42 Å². The molecule has 0 bridgehead atoms. The van der Waals surface area contributed by atoms with Crippen molar-refractivity contribution in [3.63, 3.8) is 0 Å². The molecule has 1 N–H and O–H groups in total. The average Bonchev–Trinajstić information content (AvgIpc) is 2.98. The van der Waals surface area contributed by atoms with Gasteiger partial charge in [0.15, 0.2) is 5.82 Å². The van der Waals surface area contributed by atoms with E-state index in [1.54, 1.807) is 31.5 Å².